The maximum Gasteiger partial charge on any atom is 0.576 e. The molecule has 2 rings (SSSR count). The van der Waals surface area contributed by atoms with Gasteiger partial charge in [-0.2, -0.15) is 0 Å². The van der Waals surface area contributed by atoms with E-state index in [2.05, 4.69) is 13.8 Å². The fraction of sp³-hybridized carbons (Fsp3) is 0.333. The molecule has 4 nitrogen and oxygen atoms in total. The number of hydrogen-bond donors (Lipinski definition) is 0. The van der Waals surface area contributed by atoms with Crippen LogP contribution >= 0.6 is 0 Å². The summed E-state index contributed by atoms with van der Waals surface area (Å²) in [5.41, 5.74) is 0. The second kappa shape index (κ2) is 9.67. The summed E-state index contributed by atoms with van der Waals surface area (Å²) in [4.78, 5) is 0. The zero-order valence-corrected chi connectivity index (χ0v) is 13.8. The van der Waals surface area contributed by atoms with E-state index >= 15 is 0 Å². The van der Waals surface area contributed by atoms with Gasteiger partial charge in [-0.15, -0.1) is 0 Å². The van der Waals surface area contributed by atoms with Crippen molar-refractivity contribution in [2.24, 2.45) is 0 Å². The molecule has 5 heteroatoms. The minimum absolute atomic E-state index is 0.157. The van der Waals surface area contributed by atoms with Gasteiger partial charge in [0.15, 0.2) is 0 Å². The van der Waals surface area contributed by atoms with Gasteiger partial charge in [-0.1, -0.05) is 13.8 Å². The fourth-order valence-electron chi connectivity index (χ4n) is 1.87. The van der Waals surface area contributed by atoms with Crippen molar-refractivity contribution in [2.75, 3.05) is 13.2 Å². The lowest BCUT2D eigenvalue weighted by atomic mass is 10.3. The Kier molecular flexibility index (Phi) is 7.17. The lowest BCUT2D eigenvalue weighted by molar-refractivity contribution is 0.317. The monoisotopic (exact) mass is 314 g/mol. The number of hydrogen-bond acceptors (Lipinski definition) is 4. The molecule has 0 N–H and O–H groups in total. The molecule has 0 unspecified atom stereocenters. The first-order chi connectivity index (χ1) is 11.3. The SMILES string of the molecule is CCCOc1ccc(OBOc2ccc(OCCC)cc2)cc1. The molecule has 0 amide bonds. The Bertz CT molecular complexity index is 503. The largest absolute Gasteiger partial charge is 0.576 e. The molecule has 0 heterocycles. The van der Waals surface area contributed by atoms with Crippen LogP contribution in [0.4, 0.5) is 0 Å². The summed E-state index contributed by atoms with van der Waals surface area (Å²) < 4.78 is 22.2. The van der Waals surface area contributed by atoms with Crippen molar-refractivity contribution in [3.8, 4) is 23.0 Å². The normalized spacial score (nSPS) is 10.0. The lowest BCUT2D eigenvalue weighted by Crippen LogP contribution is -2.10. The molecule has 0 fully saturated rings. The van der Waals surface area contributed by atoms with Crippen molar-refractivity contribution >= 4 is 7.69 Å². The number of benzene rings is 2. The van der Waals surface area contributed by atoms with E-state index in [1.54, 1.807) is 0 Å². The van der Waals surface area contributed by atoms with E-state index < -0.39 is 0 Å². The number of rotatable bonds is 10. The van der Waals surface area contributed by atoms with Crippen LogP contribution in [0.2, 0.25) is 0 Å². The molecule has 23 heavy (non-hydrogen) atoms. The van der Waals surface area contributed by atoms with Gasteiger partial charge in [-0.3, -0.25) is 0 Å². The van der Waals surface area contributed by atoms with Crippen LogP contribution in [0.25, 0.3) is 0 Å². The summed E-state index contributed by atoms with van der Waals surface area (Å²) >= 11 is 0. The van der Waals surface area contributed by atoms with Crippen LogP contribution in [0.5, 0.6) is 23.0 Å². The minimum Gasteiger partial charge on any atom is -0.529 e. The Morgan fingerprint density at radius 2 is 0.957 bits per heavy atom. The molecule has 0 atom stereocenters. The van der Waals surface area contributed by atoms with Gasteiger partial charge in [0.2, 0.25) is 0 Å². The molecule has 0 spiro atoms. The van der Waals surface area contributed by atoms with Gasteiger partial charge in [-0.05, 0) is 61.4 Å². The Labute approximate surface area is 138 Å². The minimum atomic E-state index is 0.157. The van der Waals surface area contributed by atoms with Crippen molar-refractivity contribution in [2.45, 2.75) is 26.7 Å². The highest BCUT2D eigenvalue weighted by molar-refractivity contribution is 6.20. The first kappa shape index (κ1) is 17.1. The maximum atomic E-state index is 5.56. The highest BCUT2D eigenvalue weighted by Gasteiger charge is 2.01. The van der Waals surface area contributed by atoms with E-state index in [0.29, 0.717) is 0 Å². The van der Waals surface area contributed by atoms with Crippen LogP contribution in [0.15, 0.2) is 48.5 Å². The van der Waals surface area contributed by atoms with Gasteiger partial charge in [0.25, 0.3) is 0 Å². The smallest absolute Gasteiger partial charge is 0.529 e. The van der Waals surface area contributed by atoms with Crippen LogP contribution in [0, 0.1) is 0 Å². The predicted octanol–water partition coefficient (Wildman–Crippen LogP) is 3.99. The zero-order valence-electron chi connectivity index (χ0n) is 13.8. The van der Waals surface area contributed by atoms with Crippen molar-refractivity contribution in [3.63, 3.8) is 0 Å². The summed E-state index contributed by atoms with van der Waals surface area (Å²) in [5.74, 6) is 3.19. The second-order valence-electron chi connectivity index (χ2n) is 5.05. The second-order valence-corrected chi connectivity index (χ2v) is 5.05. The molecule has 2 aromatic rings. The average molecular weight is 314 g/mol. The van der Waals surface area contributed by atoms with Gasteiger partial charge >= 0.3 is 7.69 Å². The van der Waals surface area contributed by atoms with Crippen LogP contribution in [-0.2, 0) is 0 Å². The highest BCUT2D eigenvalue weighted by atomic mass is 16.6. The molecular weight excluding hydrogens is 291 g/mol. The lowest BCUT2D eigenvalue weighted by Gasteiger charge is -2.09. The third kappa shape index (κ3) is 6.14. The molecule has 122 valence electrons. The van der Waals surface area contributed by atoms with Gasteiger partial charge in [0.1, 0.15) is 23.0 Å². The van der Waals surface area contributed by atoms with Crippen molar-refractivity contribution in [1.29, 1.82) is 0 Å². The molecule has 0 radical (unpaired) electrons. The zero-order chi connectivity index (χ0) is 16.3. The van der Waals surface area contributed by atoms with Crippen LogP contribution in [0.3, 0.4) is 0 Å². The van der Waals surface area contributed by atoms with E-state index in [0.717, 1.165) is 49.1 Å². The summed E-state index contributed by atoms with van der Waals surface area (Å²) in [6.07, 6.45) is 1.99. The van der Waals surface area contributed by atoms with Crippen molar-refractivity contribution in [3.05, 3.63) is 48.5 Å². The molecule has 0 bridgehead atoms. The number of ether oxygens (including phenoxy) is 2. The summed E-state index contributed by atoms with van der Waals surface area (Å²) in [7, 11) is 0.157. The van der Waals surface area contributed by atoms with Gasteiger partial charge < -0.3 is 18.8 Å². The van der Waals surface area contributed by atoms with Crippen LogP contribution in [-0.4, -0.2) is 20.9 Å². The molecule has 0 aromatic heterocycles. The molecular formula is C18H23BO4. The van der Waals surface area contributed by atoms with E-state index in [4.69, 9.17) is 18.8 Å². The van der Waals surface area contributed by atoms with E-state index in [-0.39, 0.29) is 7.69 Å². The standard InChI is InChI=1S/C18H23BO4/c1-3-13-20-15-5-9-17(10-6-15)22-19-23-18-11-7-16(8-12-18)21-14-4-2/h5-12,19H,3-4,13-14H2,1-2H3. The van der Waals surface area contributed by atoms with Gasteiger partial charge in [0, 0.05) is 0 Å². The first-order valence-electron chi connectivity index (χ1n) is 8.03. The molecule has 0 saturated heterocycles. The maximum absolute atomic E-state index is 5.56. The van der Waals surface area contributed by atoms with Crippen molar-refractivity contribution < 1.29 is 18.8 Å². The average Bonchev–Trinajstić information content (AvgIpc) is 2.60. The topological polar surface area (TPSA) is 36.9 Å². The van der Waals surface area contributed by atoms with Crippen molar-refractivity contribution in [1.82, 2.24) is 0 Å². The predicted molar refractivity (Wildman–Crippen MR) is 92.9 cm³/mol. The summed E-state index contributed by atoms with van der Waals surface area (Å²) in [6, 6.07) is 15.1. The Hall–Kier alpha value is -2.30. The molecule has 0 saturated carbocycles. The fourth-order valence-corrected chi connectivity index (χ4v) is 1.87. The quantitative estimate of drug-likeness (QED) is 0.621. The highest BCUT2D eigenvalue weighted by Crippen LogP contribution is 2.19. The molecule has 0 aliphatic heterocycles. The third-order valence-electron chi connectivity index (χ3n) is 3.04. The van der Waals surface area contributed by atoms with Crippen LogP contribution in [0.1, 0.15) is 26.7 Å². The molecule has 0 aliphatic rings. The first-order valence-corrected chi connectivity index (χ1v) is 8.03. The third-order valence-corrected chi connectivity index (χ3v) is 3.04. The van der Waals surface area contributed by atoms with Gasteiger partial charge in [-0.25, -0.2) is 0 Å². The molecule has 2 aromatic carbocycles. The molecule has 0 aliphatic carbocycles. The Morgan fingerprint density at radius 3 is 1.30 bits per heavy atom. The van der Waals surface area contributed by atoms with E-state index in [9.17, 15) is 0 Å². The summed E-state index contributed by atoms with van der Waals surface area (Å²) in [5, 5.41) is 0. The summed E-state index contributed by atoms with van der Waals surface area (Å²) in [6.45, 7) is 5.61. The Morgan fingerprint density at radius 1 is 0.609 bits per heavy atom. The van der Waals surface area contributed by atoms with Gasteiger partial charge in [0.05, 0.1) is 13.2 Å². The Balaban J connectivity index is 1.73. The van der Waals surface area contributed by atoms with E-state index in [1.807, 2.05) is 48.5 Å². The van der Waals surface area contributed by atoms with Crippen LogP contribution < -0.4 is 18.8 Å². The van der Waals surface area contributed by atoms with E-state index in [1.165, 1.54) is 0 Å².